The SMILES string of the molecule is CCCN(C(=O)Cc1ccc(OC)c(OC)c1)C1CNC1. The number of hydrogen-bond donors (Lipinski definition) is 1. The molecule has 5 heteroatoms. The van der Waals surface area contributed by atoms with Crippen molar-refractivity contribution >= 4 is 5.91 Å². The highest BCUT2D eigenvalue weighted by molar-refractivity contribution is 5.79. The molecule has 1 aliphatic rings. The first-order valence-electron chi connectivity index (χ1n) is 7.40. The molecule has 0 radical (unpaired) electrons. The van der Waals surface area contributed by atoms with E-state index in [-0.39, 0.29) is 5.91 Å². The summed E-state index contributed by atoms with van der Waals surface area (Å²) in [5, 5.41) is 3.22. The average molecular weight is 292 g/mol. The van der Waals surface area contributed by atoms with Crippen molar-refractivity contribution in [2.24, 2.45) is 0 Å². The van der Waals surface area contributed by atoms with Gasteiger partial charge < -0.3 is 19.7 Å². The van der Waals surface area contributed by atoms with Crippen LogP contribution in [0.4, 0.5) is 0 Å². The van der Waals surface area contributed by atoms with E-state index in [0.29, 0.717) is 24.0 Å². The van der Waals surface area contributed by atoms with Crippen LogP contribution in [0.1, 0.15) is 18.9 Å². The van der Waals surface area contributed by atoms with Crippen molar-refractivity contribution in [3.63, 3.8) is 0 Å². The normalized spacial score (nSPS) is 14.4. The van der Waals surface area contributed by atoms with Crippen LogP contribution in [-0.4, -0.2) is 50.7 Å². The summed E-state index contributed by atoms with van der Waals surface area (Å²) in [5.41, 5.74) is 0.950. The van der Waals surface area contributed by atoms with Crippen molar-refractivity contribution in [3.8, 4) is 11.5 Å². The fourth-order valence-corrected chi connectivity index (χ4v) is 2.51. The number of nitrogens with one attached hydrogen (secondary N) is 1. The number of carbonyl (C=O) groups is 1. The molecule has 0 saturated carbocycles. The lowest BCUT2D eigenvalue weighted by Gasteiger charge is -2.38. The number of nitrogens with zero attached hydrogens (tertiary/aromatic N) is 1. The first-order chi connectivity index (χ1) is 10.2. The van der Waals surface area contributed by atoms with E-state index in [2.05, 4.69) is 12.2 Å². The van der Waals surface area contributed by atoms with Crippen molar-refractivity contribution in [2.75, 3.05) is 33.9 Å². The second-order valence-electron chi connectivity index (χ2n) is 5.27. The van der Waals surface area contributed by atoms with E-state index in [0.717, 1.165) is 31.6 Å². The third kappa shape index (κ3) is 3.67. The highest BCUT2D eigenvalue weighted by Gasteiger charge is 2.27. The van der Waals surface area contributed by atoms with Crippen LogP contribution in [0.3, 0.4) is 0 Å². The van der Waals surface area contributed by atoms with Gasteiger partial charge in [-0.2, -0.15) is 0 Å². The maximum absolute atomic E-state index is 12.5. The quantitative estimate of drug-likeness (QED) is 0.826. The molecule has 0 spiro atoms. The van der Waals surface area contributed by atoms with Crippen molar-refractivity contribution in [1.29, 1.82) is 0 Å². The molecular formula is C16H24N2O3. The monoisotopic (exact) mass is 292 g/mol. The molecular weight excluding hydrogens is 268 g/mol. The van der Waals surface area contributed by atoms with Gasteiger partial charge in [-0.1, -0.05) is 13.0 Å². The van der Waals surface area contributed by atoms with E-state index in [1.54, 1.807) is 14.2 Å². The summed E-state index contributed by atoms with van der Waals surface area (Å²) in [5.74, 6) is 1.52. The van der Waals surface area contributed by atoms with Crippen molar-refractivity contribution in [2.45, 2.75) is 25.8 Å². The Morgan fingerprint density at radius 3 is 2.52 bits per heavy atom. The van der Waals surface area contributed by atoms with E-state index < -0.39 is 0 Å². The molecule has 21 heavy (non-hydrogen) atoms. The molecule has 1 aliphatic heterocycles. The van der Waals surface area contributed by atoms with Crippen LogP contribution in [0.25, 0.3) is 0 Å². The minimum absolute atomic E-state index is 0.176. The van der Waals surface area contributed by atoms with Gasteiger partial charge in [-0.15, -0.1) is 0 Å². The Morgan fingerprint density at radius 1 is 1.29 bits per heavy atom. The van der Waals surface area contributed by atoms with Gasteiger partial charge in [-0.3, -0.25) is 4.79 Å². The van der Waals surface area contributed by atoms with Crippen molar-refractivity contribution < 1.29 is 14.3 Å². The highest BCUT2D eigenvalue weighted by Crippen LogP contribution is 2.28. The Balaban J connectivity index is 2.06. The van der Waals surface area contributed by atoms with Crippen LogP contribution in [-0.2, 0) is 11.2 Å². The molecule has 0 bridgehead atoms. The zero-order chi connectivity index (χ0) is 15.2. The standard InChI is InChI=1S/C16H24N2O3/c1-4-7-18(13-10-17-11-13)16(19)9-12-5-6-14(20-2)15(8-12)21-3/h5-6,8,13,17H,4,7,9-11H2,1-3H3. The molecule has 116 valence electrons. The maximum atomic E-state index is 12.5. The molecule has 1 heterocycles. The third-order valence-corrected chi connectivity index (χ3v) is 3.79. The van der Waals surface area contributed by atoms with Gasteiger partial charge in [0.05, 0.1) is 26.7 Å². The van der Waals surface area contributed by atoms with Gasteiger partial charge in [0, 0.05) is 19.6 Å². The summed E-state index contributed by atoms with van der Waals surface area (Å²) in [7, 11) is 3.21. The lowest BCUT2D eigenvalue weighted by Crippen LogP contribution is -2.59. The smallest absolute Gasteiger partial charge is 0.227 e. The largest absolute Gasteiger partial charge is 0.493 e. The summed E-state index contributed by atoms with van der Waals surface area (Å²) in [6.07, 6.45) is 1.38. The molecule has 1 fully saturated rings. The average Bonchev–Trinajstić information content (AvgIpc) is 2.44. The molecule has 0 unspecified atom stereocenters. The van der Waals surface area contributed by atoms with Crippen LogP contribution in [0, 0.1) is 0 Å². The number of ether oxygens (including phenoxy) is 2. The van der Waals surface area contributed by atoms with Gasteiger partial charge in [-0.05, 0) is 24.1 Å². The predicted molar refractivity (Wildman–Crippen MR) is 81.9 cm³/mol. The van der Waals surface area contributed by atoms with Crippen LogP contribution >= 0.6 is 0 Å². The summed E-state index contributed by atoms with van der Waals surface area (Å²) in [6, 6.07) is 5.98. The fraction of sp³-hybridized carbons (Fsp3) is 0.562. The van der Waals surface area contributed by atoms with Gasteiger partial charge in [0.2, 0.25) is 5.91 Å². The van der Waals surface area contributed by atoms with Crippen LogP contribution in [0.15, 0.2) is 18.2 Å². The summed E-state index contributed by atoms with van der Waals surface area (Å²) in [4.78, 5) is 14.5. The van der Waals surface area contributed by atoms with Crippen LogP contribution in [0.2, 0.25) is 0 Å². The zero-order valence-corrected chi connectivity index (χ0v) is 13.0. The molecule has 1 aromatic carbocycles. The maximum Gasteiger partial charge on any atom is 0.227 e. The number of amides is 1. The minimum atomic E-state index is 0.176. The topological polar surface area (TPSA) is 50.8 Å². The Kier molecular flexibility index (Phi) is 5.44. The van der Waals surface area contributed by atoms with E-state index in [9.17, 15) is 4.79 Å². The Labute approximate surface area is 126 Å². The van der Waals surface area contributed by atoms with E-state index in [4.69, 9.17) is 9.47 Å². The molecule has 0 atom stereocenters. The van der Waals surface area contributed by atoms with Crippen molar-refractivity contribution in [1.82, 2.24) is 10.2 Å². The predicted octanol–water partition coefficient (Wildman–Crippen LogP) is 1.46. The second-order valence-corrected chi connectivity index (χ2v) is 5.27. The molecule has 0 aliphatic carbocycles. The summed E-state index contributed by atoms with van der Waals surface area (Å²) >= 11 is 0. The number of benzene rings is 1. The molecule has 1 N–H and O–H groups in total. The fourth-order valence-electron chi connectivity index (χ4n) is 2.51. The van der Waals surface area contributed by atoms with Gasteiger partial charge in [0.15, 0.2) is 11.5 Å². The van der Waals surface area contributed by atoms with Crippen LogP contribution < -0.4 is 14.8 Å². The van der Waals surface area contributed by atoms with E-state index in [1.807, 2.05) is 23.1 Å². The van der Waals surface area contributed by atoms with E-state index in [1.165, 1.54) is 0 Å². The molecule has 0 aromatic heterocycles. The van der Waals surface area contributed by atoms with Gasteiger partial charge in [0.1, 0.15) is 0 Å². The Morgan fingerprint density at radius 2 is 2.00 bits per heavy atom. The third-order valence-electron chi connectivity index (χ3n) is 3.79. The first-order valence-corrected chi connectivity index (χ1v) is 7.40. The second kappa shape index (κ2) is 7.31. The van der Waals surface area contributed by atoms with Gasteiger partial charge >= 0.3 is 0 Å². The van der Waals surface area contributed by atoms with Crippen LogP contribution in [0.5, 0.6) is 11.5 Å². The number of carbonyl (C=O) groups excluding carboxylic acids is 1. The molecule has 5 nitrogen and oxygen atoms in total. The lowest BCUT2D eigenvalue weighted by molar-refractivity contribution is -0.133. The zero-order valence-electron chi connectivity index (χ0n) is 13.0. The van der Waals surface area contributed by atoms with Gasteiger partial charge in [-0.25, -0.2) is 0 Å². The van der Waals surface area contributed by atoms with Crippen molar-refractivity contribution in [3.05, 3.63) is 23.8 Å². The summed E-state index contributed by atoms with van der Waals surface area (Å²) in [6.45, 7) is 4.72. The molecule has 2 rings (SSSR count). The number of hydrogen-bond acceptors (Lipinski definition) is 4. The Hall–Kier alpha value is -1.75. The number of methoxy groups -OCH3 is 2. The summed E-state index contributed by atoms with van der Waals surface area (Å²) < 4.78 is 10.5. The first kappa shape index (κ1) is 15.6. The lowest BCUT2D eigenvalue weighted by atomic mass is 10.1. The highest BCUT2D eigenvalue weighted by atomic mass is 16.5. The van der Waals surface area contributed by atoms with E-state index >= 15 is 0 Å². The molecule has 1 amide bonds. The van der Waals surface area contributed by atoms with Gasteiger partial charge in [0.25, 0.3) is 0 Å². The molecule has 1 aromatic rings. The molecule has 1 saturated heterocycles. The Bertz CT molecular complexity index is 486. The minimum Gasteiger partial charge on any atom is -0.493 e. The number of rotatable bonds is 7.